The van der Waals surface area contributed by atoms with Crippen LogP contribution in [0.25, 0.3) is 0 Å². The van der Waals surface area contributed by atoms with Crippen molar-refractivity contribution in [1.29, 1.82) is 0 Å². The van der Waals surface area contributed by atoms with Gasteiger partial charge in [-0.25, -0.2) is 4.39 Å². The Morgan fingerprint density at radius 3 is 2.85 bits per heavy atom. The number of halogens is 3. The Hall–Kier alpha value is -1.45. The zero-order chi connectivity index (χ0) is 14.1. The normalized spacial score (nSPS) is 16.6. The quantitative estimate of drug-likeness (QED) is 0.898. The second-order valence-electron chi connectivity index (χ2n) is 4.70. The molecule has 0 aromatic heterocycles. The van der Waals surface area contributed by atoms with Crippen molar-refractivity contribution >= 4 is 28.9 Å². The lowest BCUT2D eigenvalue weighted by Crippen LogP contribution is -2.24. The van der Waals surface area contributed by atoms with Crippen LogP contribution in [-0.4, -0.2) is 12.6 Å². The van der Waals surface area contributed by atoms with E-state index < -0.39 is 0 Å². The summed E-state index contributed by atoms with van der Waals surface area (Å²) in [6.07, 6.45) is 0.657. The predicted molar refractivity (Wildman–Crippen MR) is 79.5 cm³/mol. The summed E-state index contributed by atoms with van der Waals surface area (Å²) >= 11 is 11.9. The summed E-state index contributed by atoms with van der Waals surface area (Å²) in [5, 5.41) is 4.39. The van der Waals surface area contributed by atoms with Crippen LogP contribution in [0, 0.1) is 5.82 Å². The van der Waals surface area contributed by atoms with Crippen molar-refractivity contribution in [2.45, 2.75) is 12.5 Å². The van der Waals surface area contributed by atoms with Crippen LogP contribution in [-0.2, 0) is 6.42 Å². The van der Waals surface area contributed by atoms with Gasteiger partial charge in [-0.3, -0.25) is 0 Å². The summed E-state index contributed by atoms with van der Waals surface area (Å²) in [5.41, 5.74) is 1.71. The fraction of sp³-hybridized carbons (Fsp3) is 0.200. The Labute approximate surface area is 126 Å². The third-order valence-corrected chi connectivity index (χ3v) is 3.76. The molecule has 1 heterocycles. The maximum Gasteiger partial charge on any atom is 0.123 e. The van der Waals surface area contributed by atoms with E-state index in [-0.39, 0.29) is 11.9 Å². The minimum Gasteiger partial charge on any atom is -0.488 e. The molecule has 0 saturated heterocycles. The molecule has 1 atom stereocenters. The van der Waals surface area contributed by atoms with Crippen molar-refractivity contribution in [3.8, 4) is 5.75 Å². The molecule has 5 heteroatoms. The van der Waals surface area contributed by atoms with Crippen molar-refractivity contribution in [3.63, 3.8) is 0 Å². The zero-order valence-corrected chi connectivity index (χ0v) is 12.0. The minimum atomic E-state index is -0.235. The van der Waals surface area contributed by atoms with Crippen LogP contribution < -0.4 is 10.1 Å². The highest BCUT2D eigenvalue weighted by Gasteiger charge is 2.23. The van der Waals surface area contributed by atoms with Crippen LogP contribution in [0.5, 0.6) is 5.75 Å². The molecule has 1 aliphatic rings. The van der Waals surface area contributed by atoms with E-state index >= 15 is 0 Å². The second kappa shape index (κ2) is 5.51. The number of benzene rings is 2. The first kappa shape index (κ1) is 13.5. The average Bonchev–Trinajstić information content (AvgIpc) is 2.79. The lowest BCUT2D eigenvalue weighted by molar-refractivity contribution is 0.246. The highest BCUT2D eigenvalue weighted by Crippen LogP contribution is 2.30. The van der Waals surface area contributed by atoms with Gasteiger partial charge in [0.15, 0.2) is 0 Å². The van der Waals surface area contributed by atoms with E-state index in [9.17, 15) is 4.39 Å². The lowest BCUT2D eigenvalue weighted by atomic mass is 10.1. The van der Waals surface area contributed by atoms with Gasteiger partial charge in [-0.2, -0.15) is 0 Å². The van der Waals surface area contributed by atoms with Gasteiger partial charge in [0, 0.05) is 17.0 Å². The Balaban J connectivity index is 1.63. The van der Waals surface area contributed by atoms with E-state index in [0.717, 1.165) is 17.0 Å². The van der Waals surface area contributed by atoms with Crippen molar-refractivity contribution in [3.05, 3.63) is 57.8 Å². The monoisotopic (exact) mass is 311 g/mol. The number of rotatable bonds is 3. The highest BCUT2D eigenvalue weighted by molar-refractivity contribution is 6.36. The highest BCUT2D eigenvalue weighted by atomic mass is 35.5. The molecule has 1 N–H and O–H groups in total. The van der Waals surface area contributed by atoms with Crippen LogP contribution in [0.3, 0.4) is 0 Å². The van der Waals surface area contributed by atoms with E-state index in [2.05, 4.69) is 5.32 Å². The second-order valence-corrected chi connectivity index (χ2v) is 5.54. The number of fused-ring (bicyclic) bond motifs is 1. The van der Waals surface area contributed by atoms with Gasteiger partial charge in [-0.1, -0.05) is 23.2 Å². The van der Waals surface area contributed by atoms with Crippen LogP contribution in [0.2, 0.25) is 10.0 Å². The van der Waals surface area contributed by atoms with Gasteiger partial charge in [-0.15, -0.1) is 0 Å². The molecule has 0 radical (unpaired) electrons. The third kappa shape index (κ3) is 2.84. The fourth-order valence-corrected chi connectivity index (χ4v) is 2.73. The molecule has 1 unspecified atom stereocenters. The Kier molecular flexibility index (Phi) is 3.72. The zero-order valence-electron chi connectivity index (χ0n) is 10.5. The molecule has 2 aromatic carbocycles. The molecule has 0 fully saturated rings. The molecule has 3 rings (SSSR count). The first-order valence-electron chi connectivity index (χ1n) is 6.26. The van der Waals surface area contributed by atoms with E-state index in [1.807, 2.05) is 6.07 Å². The van der Waals surface area contributed by atoms with Crippen molar-refractivity contribution in [2.75, 3.05) is 11.9 Å². The van der Waals surface area contributed by atoms with Crippen LogP contribution in [0.4, 0.5) is 10.1 Å². The van der Waals surface area contributed by atoms with Gasteiger partial charge in [-0.05, 0) is 36.4 Å². The largest absolute Gasteiger partial charge is 0.488 e. The molecule has 0 amide bonds. The number of anilines is 1. The standard InChI is InChI=1S/C15H12Cl2FNO/c16-10-1-3-14(13(17)7-10)19-8-12-6-9-5-11(18)2-4-15(9)20-12/h1-5,7,12,19H,6,8H2. The van der Waals surface area contributed by atoms with E-state index in [4.69, 9.17) is 27.9 Å². The summed E-state index contributed by atoms with van der Waals surface area (Å²) < 4.78 is 18.9. The van der Waals surface area contributed by atoms with Crippen LogP contribution in [0.15, 0.2) is 36.4 Å². The molecule has 0 aliphatic carbocycles. The van der Waals surface area contributed by atoms with Gasteiger partial charge in [0.1, 0.15) is 17.7 Å². The van der Waals surface area contributed by atoms with Gasteiger partial charge >= 0.3 is 0 Å². The van der Waals surface area contributed by atoms with E-state index in [1.165, 1.54) is 12.1 Å². The molecule has 0 saturated carbocycles. The molecular formula is C15H12Cl2FNO. The lowest BCUT2D eigenvalue weighted by Gasteiger charge is -2.14. The van der Waals surface area contributed by atoms with Crippen LogP contribution >= 0.6 is 23.2 Å². The van der Waals surface area contributed by atoms with Crippen molar-refractivity contribution in [2.24, 2.45) is 0 Å². The number of nitrogens with one attached hydrogen (secondary N) is 1. The molecule has 1 aliphatic heterocycles. The SMILES string of the molecule is Fc1ccc2c(c1)CC(CNc1ccc(Cl)cc1Cl)O2. The topological polar surface area (TPSA) is 21.3 Å². The number of hydrogen-bond donors (Lipinski definition) is 1. The van der Waals surface area contributed by atoms with Crippen LogP contribution in [0.1, 0.15) is 5.56 Å². The number of ether oxygens (including phenoxy) is 1. The first-order chi connectivity index (χ1) is 9.61. The molecular weight excluding hydrogens is 300 g/mol. The van der Waals surface area contributed by atoms with Gasteiger partial charge in [0.2, 0.25) is 0 Å². The molecule has 104 valence electrons. The van der Waals surface area contributed by atoms with Gasteiger partial charge in [0.25, 0.3) is 0 Å². The maximum absolute atomic E-state index is 13.1. The third-order valence-electron chi connectivity index (χ3n) is 3.22. The predicted octanol–water partition coefficient (Wildman–Crippen LogP) is 4.55. The summed E-state index contributed by atoms with van der Waals surface area (Å²) in [4.78, 5) is 0. The molecule has 0 bridgehead atoms. The smallest absolute Gasteiger partial charge is 0.123 e. The van der Waals surface area contributed by atoms with E-state index in [1.54, 1.807) is 18.2 Å². The summed E-state index contributed by atoms with van der Waals surface area (Å²) in [7, 11) is 0. The Morgan fingerprint density at radius 1 is 1.20 bits per heavy atom. The fourth-order valence-electron chi connectivity index (χ4n) is 2.26. The molecule has 2 nitrogen and oxygen atoms in total. The summed E-state index contributed by atoms with van der Waals surface area (Å²) in [5.74, 6) is 0.516. The maximum atomic E-state index is 13.1. The summed E-state index contributed by atoms with van der Waals surface area (Å²) in [6, 6.07) is 9.88. The Morgan fingerprint density at radius 2 is 2.05 bits per heavy atom. The molecule has 20 heavy (non-hydrogen) atoms. The molecule has 0 spiro atoms. The molecule has 2 aromatic rings. The Bertz CT molecular complexity index is 648. The minimum absolute atomic E-state index is 0.0291. The van der Waals surface area contributed by atoms with Crippen molar-refractivity contribution < 1.29 is 9.13 Å². The van der Waals surface area contributed by atoms with E-state index in [0.29, 0.717) is 23.0 Å². The summed E-state index contributed by atoms with van der Waals surface area (Å²) in [6.45, 7) is 0.595. The van der Waals surface area contributed by atoms with Gasteiger partial charge < -0.3 is 10.1 Å². The van der Waals surface area contributed by atoms with Gasteiger partial charge in [0.05, 0.1) is 17.3 Å². The first-order valence-corrected chi connectivity index (χ1v) is 7.01. The average molecular weight is 312 g/mol. The van der Waals surface area contributed by atoms with Crippen molar-refractivity contribution in [1.82, 2.24) is 0 Å². The number of hydrogen-bond acceptors (Lipinski definition) is 2.